The second-order valence-corrected chi connectivity index (χ2v) is 6.89. The van der Waals surface area contributed by atoms with Gasteiger partial charge < -0.3 is 5.32 Å². The maximum atomic E-state index is 12.5. The third-order valence-corrected chi connectivity index (χ3v) is 4.97. The SMILES string of the molecule is C=CC(=O)Nc1ccc(Cl)c(S(=O)(=O)Nc2ccccc2Cl)c1. The lowest BCUT2D eigenvalue weighted by atomic mass is 10.3. The minimum Gasteiger partial charge on any atom is -0.322 e. The fourth-order valence-electron chi connectivity index (χ4n) is 1.72. The van der Waals surface area contributed by atoms with Crippen molar-refractivity contribution in [1.82, 2.24) is 0 Å². The first-order chi connectivity index (χ1) is 10.8. The molecule has 2 aromatic rings. The first-order valence-electron chi connectivity index (χ1n) is 6.34. The Balaban J connectivity index is 2.39. The molecule has 23 heavy (non-hydrogen) atoms. The second kappa shape index (κ2) is 7.04. The Kier molecular flexibility index (Phi) is 5.30. The molecule has 0 aliphatic rings. The normalized spacial score (nSPS) is 10.9. The van der Waals surface area contributed by atoms with E-state index in [1.165, 1.54) is 24.3 Å². The molecule has 1 amide bonds. The van der Waals surface area contributed by atoms with Crippen molar-refractivity contribution >= 4 is 50.5 Å². The average Bonchev–Trinajstić information content (AvgIpc) is 2.51. The second-order valence-electron chi connectivity index (χ2n) is 4.42. The van der Waals surface area contributed by atoms with Crippen LogP contribution in [0.15, 0.2) is 60.0 Å². The van der Waals surface area contributed by atoms with Crippen LogP contribution in [0.3, 0.4) is 0 Å². The van der Waals surface area contributed by atoms with Crippen LogP contribution in [0.1, 0.15) is 0 Å². The van der Waals surface area contributed by atoms with Crippen LogP contribution in [-0.4, -0.2) is 14.3 Å². The van der Waals surface area contributed by atoms with Crippen molar-refractivity contribution in [2.45, 2.75) is 4.90 Å². The number of hydrogen-bond donors (Lipinski definition) is 2. The molecule has 0 spiro atoms. The highest BCUT2D eigenvalue weighted by molar-refractivity contribution is 7.92. The molecule has 0 saturated heterocycles. The first kappa shape index (κ1) is 17.3. The number of halogens is 2. The summed E-state index contributed by atoms with van der Waals surface area (Å²) in [6.45, 7) is 3.33. The zero-order valence-corrected chi connectivity index (χ0v) is 14.0. The van der Waals surface area contributed by atoms with Crippen molar-refractivity contribution in [2.24, 2.45) is 0 Å². The van der Waals surface area contributed by atoms with Gasteiger partial charge in [0.25, 0.3) is 10.0 Å². The van der Waals surface area contributed by atoms with Gasteiger partial charge in [0.05, 0.1) is 15.7 Å². The van der Waals surface area contributed by atoms with E-state index in [1.54, 1.807) is 18.2 Å². The van der Waals surface area contributed by atoms with Gasteiger partial charge in [-0.1, -0.05) is 41.9 Å². The monoisotopic (exact) mass is 370 g/mol. The molecular weight excluding hydrogens is 359 g/mol. The molecule has 0 radical (unpaired) electrons. The summed E-state index contributed by atoms with van der Waals surface area (Å²) in [5, 5.41) is 2.74. The van der Waals surface area contributed by atoms with Gasteiger partial charge in [0, 0.05) is 5.69 Å². The lowest BCUT2D eigenvalue weighted by molar-refractivity contribution is -0.111. The minimum absolute atomic E-state index is 0.0150. The number of rotatable bonds is 5. The third-order valence-electron chi connectivity index (χ3n) is 2.79. The Labute approximate surface area is 144 Å². The third kappa shape index (κ3) is 4.25. The Bertz CT molecular complexity index is 867. The predicted octanol–water partition coefficient (Wildman–Crippen LogP) is 3.92. The van der Waals surface area contributed by atoms with E-state index in [-0.39, 0.29) is 26.3 Å². The maximum absolute atomic E-state index is 12.5. The molecule has 0 atom stereocenters. The largest absolute Gasteiger partial charge is 0.322 e. The topological polar surface area (TPSA) is 75.3 Å². The Morgan fingerprint density at radius 3 is 2.43 bits per heavy atom. The number of nitrogens with one attached hydrogen (secondary N) is 2. The van der Waals surface area contributed by atoms with Crippen LogP contribution in [0.2, 0.25) is 10.0 Å². The number of carbonyl (C=O) groups excluding carboxylic acids is 1. The number of benzene rings is 2. The summed E-state index contributed by atoms with van der Waals surface area (Å²) in [5.74, 6) is -0.463. The van der Waals surface area contributed by atoms with Crippen LogP contribution in [0.5, 0.6) is 0 Å². The van der Waals surface area contributed by atoms with E-state index in [2.05, 4.69) is 16.6 Å². The number of para-hydroxylation sites is 1. The number of sulfonamides is 1. The van der Waals surface area contributed by atoms with Gasteiger partial charge in [-0.2, -0.15) is 0 Å². The van der Waals surface area contributed by atoms with E-state index in [9.17, 15) is 13.2 Å². The average molecular weight is 371 g/mol. The summed E-state index contributed by atoms with van der Waals surface area (Å²) in [7, 11) is -3.98. The summed E-state index contributed by atoms with van der Waals surface area (Å²) in [5.41, 5.74) is 0.504. The molecule has 2 aromatic carbocycles. The molecule has 0 bridgehead atoms. The van der Waals surface area contributed by atoms with Crippen LogP contribution < -0.4 is 10.0 Å². The summed E-state index contributed by atoms with van der Waals surface area (Å²) in [6, 6.07) is 10.5. The zero-order chi connectivity index (χ0) is 17.0. The van der Waals surface area contributed by atoms with E-state index in [0.29, 0.717) is 0 Å². The van der Waals surface area contributed by atoms with Crippen molar-refractivity contribution in [3.8, 4) is 0 Å². The zero-order valence-electron chi connectivity index (χ0n) is 11.7. The quantitative estimate of drug-likeness (QED) is 0.783. The molecule has 2 rings (SSSR count). The van der Waals surface area contributed by atoms with Gasteiger partial charge in [-0.3, -0.25) is 9.52 Å². The summed E-state index contributed by atoms with van der Waals surface area (Å²) in [6.07, 6.45) is 1.07. The molecule has 5 nitrogen and oxygen atoms in total. The number of carbonyl (C=O) groups is 1. The fourth-order valence-corrected chi connectivity index (χ4v) is 3.57. The summed E-state index contributed by atoms with van der Waals surface area (Å²) in [4.78, 5) is 11.1. The van der Waals surface area contributed by atoms with E-state index >= 15 is 0 Å². The highest BCUT2D eigenvalue weighted by Crippen LogP contribution is 2.29. The van der Waals surface area contributed by atoms with Gasteiger partial charge >= 0.3 is 0 Å². The van der Waals surface area contributed by atoms with Crippen LogP contribution in [0.4, 0.5) is 11.4 Å². The highest BCUT2D eigenvalue weighted by atomic mass is 35.5. The van der Waals surface area contributed by atoms with Crippen molar-refractivity contribution in [1.29, 1.82) is 0 Å². The molecule has 0 fully saturated rings. The summed E-state index contributed by atoms with van der Waals surface area (Å²) >= 11 is 11.9. The molecule has 8 heteroatoms. The molecular formula is C15H12Cl2N2O3S. The van der Waals surface area contributed by atoms with Crippen LogP contribution >= 0.6 is 23.2 Å². The molecule has 0 aromatic heterocycles. The van der Waals surface area contributed by atoms with Crippen molar-refractivity contribution < 1.29 is 13.2 Å². The number of amides is 1. The van der Waals surface area contributed by atoms with Gasteiger partial charge in [-0.15, -0.1) is 0 Å². The van der Waals surface area contributed by atoms with E-state index in [1.807, 2.05) is 0 Å². The molecule has 2 N–H and O–H groups in total. The van der Waals surface area contributed by atoms with Crippen LogP contribution in [0.25, 0.3) is 0 Å². The smallest absolute Gasteiger partial charge is 0.263 e. The fraction of sp³-hybridized carbons (Fsp3) is 0. The van der Waals surface area contributed by atoms with Gasteiger partial charge in [-0.05, 0) is 36.4 Å². The predicted molar refractivity (Wildman–Crippen MR) is 92.5 cm³/mol. The molecule has 0 aliphatic carbocycles. The van der Waals surface area contributed by atoms with E-state index < -0.39 is 15.9 Å². The summed E-state index contributed by atoms with van der Waals surface area (Å²) < 4.78 is 27.4. The number of anilines is 2. The standard InChI is InChI=1S/C15H12Cl2N2O3S/c1-2-15(20)18-10-7-8-12(17)14(9-10)23(21,22)19-13-6-4-3-5-11(13)16/h2-9,19H,1H2,(H,18,20). The maximum Gasteiger partial charge on any atom is 0.263 e. The van der Waals surface area contributed by atoms with Gasteiger partial charge in [-0.25, -0.2) is 8.42 Å². The van der Waals surface area contributed by atoms with Crippen molar-refractivity contribution in [2.75, 3.05) is 10.0 Å². The molecule has 120 valence electrons. The number of hydrogen-bond acceptors (Lipinski definition) is 3. The molecule has 0 unspecified atom stereocenters. The van der Waals surface area contributed by atoms with E-state index in [4.69, 9.17) is 23.2 Å². The van der Waals surface area contributed by atoms with Gasteiger partial charge in [0.15, 0.2) is 0 Å². The molecule has 0 saturated carbocycles. The van der Waals surface area contributed by atoms with E-state index in [0.717, 1.165) is 6.08 Å². The minimum atomic E-state index is -3.98. The first-order valence-corrected chi connectivity index (χ1v) is 8.58. The molecule has 0 aliphatic heterocycles. The van der Waals surface area contributed by atoms with Crippen LogP contribution in [-0.2, 0) is 14.8 Å². The van der Waals surface area contributed by atoms with Crippen LogP contribution in [0, 0.1) is 0 Å². The van der Waals surface area contributed by atoms with Crippen molar-refractivity contribution in [3.63, 3.8) is 0 Å². The van der Waals surface area contributed by atoms with Gasteiger partial charge in [0.2, 0.25) is 5.91 Å². The highest BCUT2D eigenvalue weighted by Gasteiger charge is 2.20. The Hall–Kier alpha value is -2.02. The Morgan fingerprint density at radius 1 is 1.09 bits per heavy atom. The van der Waals surface area contributed by atoms with Crippen molar-refractivity contribution in [3.05, 3.63) is 65.2 Å². The lowest BCUT2D eigenvalue weighted by Gasteiger charge is -2.12. The lowest BCUT2D eigenvalue weighted by Crippen LogP contribution is -2.15. The Morgan fingerprint density at radius 2 is 1.78 bits per heavy atom. The van der Waals surface area contributed by atoms with Gasteiger partial charge in [0.1, 0.15) is 4.90 Å². The molecule has 0 heterocycles.